The van der Waals surface area contributed by atoms with Crippen LogP contribution in [0.25, 0.3) is 0 Å². The maximum Gasteiger partial charge on any atom is 0.190 e. The molecule has 1 aromatic carbocycles. The number of hydrogen-bond donors (Lipinski definition) is 2. The number of nitrogens with one attached hydrogen (secondary N) is 2. The predicted molar refractivity (Wildman–Crippen MR) is 99.1 cm³/mol. The molecule has 0 unspecified atom stereocenters. The van der Waals surface area contributed by atoms with E-state index < -0.39 is 0 Å². The van der Waals surface area contributed by atoms with Crippen molar-refractivity contribution in [3.05, 3.63) is 51.2 Å². The summed E-state index contributed by atoms with van der Waals surface area (Å²) in [5.41, 5.74) is 1.19. The van der Waals surface area contributed by atoms with Gasteiger partial charge in [0.2, 0.25) is 0 Å². The molecule has 0 atom stereocenters. The zero-order chi connectivity index (χ0) is 16.5. The summed E-state index contributed by atoms with van der Waals surface area (Å²) in [4.78, 5) is 5.51. The van der Waals surface area contributed by atoms with Crippen molar-refractivity contribution >= 4 is 28.9 Å². The number of guanidine groups is 1. The summed E-state index contributed by atoms with van der Waals surface area (Å²) in [7, 11) is 3.48. The van der Waals surface area contributed by atoms with Crippen LogP contribution in [-0.2, 0) is 12.8 Å². The van der Waals surface area contributed by atoms with Crippen LogP contribution in [0.2, 0.25) is 4.34 Å². The van der Waals surface area contributed by atoms with E-state index in [0.717, 1.165) is 42.0 Å². The Balaban J connectivity index is 1.72. The van der Waals surface area contributed by atoms with Gasteiger partial charge in [0.05, 0.1) is 11.4 Å². The van der Waals surface area contributed by atoms with E-state index >= 15 is 0 Å². The number of methoxy groups -OCH3 is 1. The number of para-hydroxylation sites is 1. The third kappa shape index (κ3) is 5.77. The lowest BCUT2D eigenvalue weighted by atomic mass is 10.1. The second-order valence-corrected chi connectivity index (χ2v) is 6.74. The van der Waals surface area contributed by atoms with Crippen LogP contribution in [0.4, 0.5) is 0 Å². The summed E-state index contributed by atoms with van der Waals surface area (Å²) in [5.74, 6) is 1.73. The first kappa shape index (κ1) is 17.6. The van der Waals surface area contributed by atoms with Crippen LogP contribution in [0, 0.1) is 0 Å². The fourth-order valence-corrected chi connectivity index (χ4v) is 3.32. The number of ether oxygens (including phenoxy) is 1. The molecule has 0 aliphatic heterocycles. The molecule has 2 N–H and O–H groups in total. The summed E-state index contributed by atoms with van der Waals surface area (Å²) >= 11 is 7.55. The van der Waals surface area contributed by atoms with Crippen molar-refractivity contribution in [1.82, 2.24) is 10.6 Å². The zero-order valence-electron chi connectivity index (χ0n) is 13.4. The van der Waals surface area contributed by atoms with Crippen molar-refractivity contribution in [2.75, 3.05) is 27.2 Å². The lowest BCUT2D eigenvalue weighted by Crippen LogP contribution is -2.39. The molecule has 2 rings (SSSR count). The molecular weight excluding hydrogens is 330 g/mol. The van der Waals surface area contributed by atoms with E-state index in [1.165, 1.54) is 10.4 Å². The number of benzene rings is 1. The molecule has 1 heterocycles. The molecule has 0 aliphatic carbocycles. The Kier molecular flexibility index (Phi) is 7.23. The second-order valence-electron chi connectivity index (χ2n) is 4.94. The van der Waals surface area contributed by atoms with Crippen molar-refractivity contribution in [1.29, 1.82) is 0 Å². The van der Waals surface area contributed by atoms with Gasteiger partial charge >= 0.3 is 0 Å². The van der Waals surface area contributed by atoms with Gasteiger partial charge in [0, 0.05) is 25.0 Å². The minimum atomic E-state index is 0.797. The molecule has 0 saturated heterocycles. The maximum absolute atomic E-state index is 5.93. The van der Waals surface area contributed by atoms with Crippen LogP contribution in [0.15, 0.2) is 41.4 Å². The number of thiophene rings is 1. The number of hydrogen-bond acceptors (Lipinski definition) is 3. The predicted octanol–water partition coefficient (Wildman–Crippen LogP) is 3.36. The zero-order valence-corrected chi connectivity index (χ0v) is 15.0. The van der Waals surface area contributed by atoms with Crippen LogP contribution in [-0.4, -0.2) is 33.2 Å². The Labute approximate surface area is 146 Å². The van der Waals surface area contributed by atoms with Gasteiger partial charge in [-0.3, -0.25) is 4.99 Å². The highest BCUT2D eigenvalue weighted by atomic mass is 35.5. The van der Waals surface area contributed by atoms with E-state index in [9.17, 15) is 0 Å². The molecule has 0 saturated carbocycles. The molecule has 0 aliphatic rings. The summed E-state index contributed by atoms with van der Waals surface area (Å²) in [6.07, 6.45) is 1.82. The van der Waals surface area contributed by atoms with Crippen molar-refractivity contribution in [2.24, 2.45) is 4.99 Å². The quantitative estimate of drug-likeness (QED) is 0.594. The number of halogens is 1. The van der Waals surface area contributed by atoms with Crippen molar-refractivity contribution in [2.45, 2.75) is 12.8 Å². The summed E-state index contributed by atoms with van der Waals surface area (Å²) in [6.45, 7) is 1.62. The third-order valence-corrected chi connectivity index (χ3v) is 4.69. The highest BCUT2D eigenvalue weighted by Gasteiger charge is 2.03. The maximum atomic E-state index is 5.93. The first-order chi connectivity index (χ1) is 11.2. The third-order valence-electron chi connectivity index (χ3n) is 3.40. The second kappa shape index (κ2) is 9.43. The van der Waals surface area contributed by atoms with Gasteiger partial charge in [-0.15, -0.1) is 11.3 Å². The molecule has 0 bridgehead atoms. The number of aliphatic imine (C=N–C) groups is 1. The Morgan fingerprint density at radius 1 is 1.13 bits per heavy atom. The SMILES string of the molecule is CN=C(NCCc1ccc(Cl)s1)NCCc1ccccc1OC. The molecule has 2 aromatic rings. The molecule has 1 aromatic heterocycles. The smallest absolute Gasteiger partial charge is 0.190 e. The molecule has 6 heteroatoms. The molecule has 0 fully saturated rings. The van der Waals surface area contributed by atoms with Gasteiger partial charge < -0.3 is 15.4 Å². The first-order valence-corrected chi connectivity index (χ1v) is 8.73. The highest BCUT2D eigenvalue weighted by Crippen LogP contribution is 2.21. The minimum Gasteiger partial charge on any atom is -0.496 e. The van der Waals surface area contributed by atoms with E-state index in [2.05, 4.69) is 27.8 Å². The lowest BCUT2D eigenvalue weighted by Gasteiger charge is -2.12. The van der Waals surface area contributed by atoms with Gasteiger partial charge in [-0.2, -0.15) is 0 Å². The molecular formula is C17H22ClN3OS. The molecule has 23 heavy (non-hydrogen) atoms. The van der Waals surface area contributed by atoms with Gasteiger partial charge in [-0.05, 0) is 36.6 Å². The standard InChI is InChI=1S/C17H22ClN3OS/c1-19-17(21-12-10-14-7-8-16(18)23-14)20-11-9-13-5-3-4-6-15(13)22-2/h3-8H,9-12H2,1-2H3,(H2,19,20,21). The van der Waals surface area contributed by atoms with Gasteiger partial charge in [0.1, 0.15) is 5.75 Å². The summed E-state index contributed by atoms with van der Waals surface area (Å²) < 4.78 is 6.19. The van der Waals surface area contributed by atoms with Crippen LogP contribution < -0.4 is 15.4 Å². The molecule has 0 amide bonds. The van der Waals surface area contributed by atoms with Gasteiger partial charge in [0.15, 0.2) is 5.96 Å². The average Bonchev–Trinajstić information content (AvgIpc) is 2.99. The Morgan fingerprint density at radius 3 is 2.52 bits per heavy atom. The van der Waals surface area contributed by atoms with Gasteiger partial charge in [-0.25, -0.2) is 0 Å². The largest absolute Gasteiger partial charge is 0.496 e. The summed E-state index contributed by atoms with van der Waals surface area (Å²) in [5, 5.41) is 6.63. The molecule has 4 nitrogen and oxygen atoms in total. The highest BCUT2D eigenvalue weighted by molar-refractivity contribution is 7.16. The molecule has 0 spiro atoms. The fourth-order valence-electron chi connectivity index (χ4n) is 2.24. The van der Waals surface area contributed by atoms with Crippen molar-refractivity contribution < 1.29 is 4.74 Å². The molecule has 124 valence electrons. The lowest BCUT2D eigenvalue weighted by molar-refractivity contribution is 0.409. The van der Waals surface area contributed by atoms with E-state index in [-0.39, 0.29) is 0 Å². The van der Waals surface area contributed by atoms with Crippen molar-refractivity contribution in [3.8, 4) is 5.75 Å². The van der Waals surface area contributed by atoms with E-state index in [4.69, 9.17) is 16.3 Å². The Bertz CT molecular complexity index is 642. The summed E-state index contributed by atoms with van der Waals surface area (Å²) in [6, 6.07) is 12.1. The van der Waals surface area contributed by atoms with Crippen LogP contribution in [0.5, 0.6) is 5.75 Å². The van der Waals surface area contributed by atoms with Gasteiger partial charge in [0.25, 0.3) is 0 Å². The normalized spacial score (nSPS) is 11.3. The molecule has 0 radical (unpaired) electrons. The van der Waals surface area contributed by atoms with E-state index in [1.807, 2.05) is 24.3 Å². The van der Waals surface area contributed by atoms with Gasteiger partial charge in [-0.1, -0.05) is 29.8 Å². The average molecular weight is 352 g/mol. The van der Waals surface area contributed by atoms with Crippen LogP contribution >= 0.6 is 22.9 Å². The Hall–Kier alpha value is -1.72. The fraction of sp³-hybridized carbons (Fsp3) is 0.353. The van der Waals surface area contributed by atoms with Crippen LogP contribution in [0.1, 0.15) is 10.4 Å². The first-order valence-electron chi connectivity index (χ1n) is 7.53. The van der Waals surface area contributed by atoms with Crippen LogP contribution in [0.3, 0.4) is 0 Å². The monoisotopic (exact) mass is 351 g/mol. The topological polar surface area (TPSA) is 45.7 Å². The number of rotatable bonds is 7. The van der Waals surface area contributed by atoms with Crippen molar-refractivity contribution in [3.63, 3.8) is 0 Å². The van der Waals surface area contributed by atoms with E-state index in [1.54, 1.807) is 25.5 Å². The van der Waals surface area contributed by atoms with E-state index in [0.29, 0.717) is 0 Å². The number of nitrogens with zero attached hydrogens (tertiary/aromatic N) is 1. The minimum absolute atomic E-state index is 0.797. The Morgan fingerprint density at radius 2 is 1.87 bits per heavy atom.